The molecule has 6 nitrogen and oxygen atoms in total. The van der Waals surface area contributed by atoms with Crippen LogP contribution in [0.5, 0.6) is 11.5 Å². The Morgan fingerprint density at radius 3 is 1.34 bits per heavy atom. The van der Waals surface area contributed by atoms with Gasteiger partial charge in [0.05, 0.1) is 44.8 Å². The van der Waals surface area contributed by atoms with Gasteiger partial charge < -0.3 is 28.6 Å². The van der Waals surface area contributed by atoms with Crippen molar-refractivity contribution in [3.8, 4) is 22.9 Å². The van der Waals surface area contributed by atoms with Crippen LogP contribution in [0.25, 0.3) is 55.0 Å². The summed E-state index contributed by atoms with van der Waals surface area (Å²) >= 11 is 0. The standard InChI is InChI=1S/C78H53B2F4N5O/c1-42-20-26-53-55-28-22-44(3)46(5)77(55)86(67(53)32-42)51-36-70-75-71(37-51)88(65-30-24-48(81)34-61(65)83)63-18-12-10-16-57(63)79(75)59-40-60-73(41-69(59)85(70)50-14-8-7-9-15-50)90-74-39-52(87-68-33-43(2)21-27-54(68)56-29-23-45(4)47(6)78(56)87)38-72-76(74)80(60)58-17-11-13-19-64(58)89(72)66-31-25-49(82)35-62(66)84/h7-41H,1-6H3. The first kappa shape index (κ1) is 52.4. The van der Waals surface area contributed by atoms with E-state index >= 15 is 17.6 Å². The van der Waals surface area contributed by atoms with Crippen LogP contribution in [0.1, 0.15) is 33.4 Å². The summed E-state index contributed by atoms with van der Waals surface area (Å²) < 4.78 is 76.7. The van der Waals surface area contributed by atoms with Crippen molar-refractivity contribution in [3.05, 3.63) is 269 Å². The van der Waals surface area contributed by atoms with E-state index in [9.17, 15) is 0 Å². The Kier molecular flexibility index (Phi) is 11.0. The van der Waals surface area contributed by atoms with E-state index in [0.717, 1.165) is 167 Å². The molecule has 0 bridgehead atoms. The maximum Gasteiger partial charge on any atom is 0.256 e. The highest BCUT2D eigenvalue weighted by molar-refractivity contribution is 7.02. The van der Waals surface area contributed by atoms with E-state index in [1.165, 1.54) is 18.2 Å². The zero-order valence-electron chi connectivity index (χ0n) is 50.0. The molecule has 0 N–H and O–H groups in total. The van der Waals surface area contributed by atoms with Gasteiger partial charge in [-0.25, -0.2) is 17.6 Å². The number of hydrogen-bond acceptors (Lipinski definition) is 4. The molecule has 0 radical (unpaired) electrons. The summed E-state index contributed by atoms with van der Waals surface area (Å²) in [6.07, 6.45) is 0. The lowest BCUT2D eigenvalue weighted by molar-refractivity contribution is 0.487. The lowest BCUT2D eigenvalue weighted by atomic mass is 9.30. The zero-order valence-corrected chi connectivity index (χ0v) is 50.0. The number of fused-ring (bicyclic) bond motifs is 14. The SMILES string of the molecule is Cc1ccc2c3ccc(C)c(C)c3n(-c3cc4c5c(c3)N(c3ccc(F)cc3F)c3ccccc3B5c3cc5c(cc3O4)N(c3ccccc3)c3cc(-n4c6cc(C)ccc6c6ccc(C)c(C)c64)cc4c3B5c3ccccc3N4c3ccc(F)cc3F)c2c1. The van der Waals surface area contributed by atoms with Crippen LogP contribution in [0.15, 0.2) is 212 Å². The summed E-state index contributed by atoms with van der Waals surface area (Å²) in [5.74, 6) is -1.47. The molecule has 18 rings (SSSR count). The van der Waals surface area contributed by atoms with Crippen molar-refractivity contribution in [1.29, 1.82) is 0 Å². The van der Waals surface area contributed by atoms with Crippen molar-refractivity contribution >= 4 is 141 Å². The Hall–Kier alpha value is -10.7. The molecular weight excluding hydrogens is 1120 g/mol. The molecule has 4 aliphatic rings. The van der Waals surface area contributed by atoms with Crippen LogP contribution in [0.4, 0.5) is 68.7 Å². The minimum Gasteiger partial charge on any atom is -0.458 e. The fraction of sp³-hybridized carbons (Fsp3) is 0.0769. The Bertz CT molecular complexity index is 5540. The Labute approximate surface area is 517 Å². The predicted octanol–water partition coefficient (Wildman–Crippen LogP) is 16.8. The van der Waals surface area contributed by atoms with Crippen molar-refractivity contribution in [1.82, 2.24) is 9.13 Å². The number of aryl methyl sites for hydroxylation is 6. The summed E-state index contributed by atoms with van der Waals surface area (Å²) in [4.78, 5) is 6.25. The maximum absolute atomic E-state index is 17.1. The molecule has 0 fully saturated rings. The van der Waals surface area contributed by atoms with Gasteiger partial charge in [0, 0.05) is 85.6 Å². The molecule has 0 unspecified atom stereocenters. The van der Waals surface area contributed by atoms with Gasteiger partial charge in [0.25, 0.3) is 13.4 Å². The third kappa shape index (κ3) is 7.24. The second-order valence-corrected chi connectivity index (χ2v) is 24.9. The van der Waals surface area contributed by atoms with Gasteiger partial charge in [-0.15, -0.1) is 0 Å². The summed E-state index contributed by atoms with van der Waals surface area (Å²) in [7, 11) is 0. The molecule has 0 spiro atoms. The zero-order chi connectivity index (χ0) is 60.9. The molecule has 14 aromatic rings. The lowest BCUT2D eigenvalue weighted by Gasteiger charge is -2.45. The van der Waals surface area contributed by atoms with E-state index in [2.05, 4.69) is 189 Å². The van der Waals surface area contributed by atoms with Crippen LogP contribution in [-0.2, 0) is 0 Å². The van der Waals surface area contributed by atoms with Crippen molar-refractivity contribution in [2.45, 2.75) is 41.5 Å². The summed E-state index contributed by atoms with van der Waals surface area (Å²) in [5, 5.41) is 4.46. The number of aromatic nitrogens is 2. The summed E-state index contributed by atoms with van der Waals surface area (Å²) in [6.45, 7) is 12.0. The molecule has 2 aromatic heterocycles. The molecule has 90 heavy (non-hydrogen) atoms. The minimum absolute atomic E-state index is 0.201. The first-order valence-corrected chi connectivity index (χ1v) is 30.6. The van der Waals surface area contributed by atoms with Crippen LogP contribution in [-0.4, -0.2) is 22.6 Å². The van der Waals surface area contributed by atoms with Gasteiger partial charge in [-0.3, -0.25) is 0 Å². The molecule has 0 atom stereocenters. The number of rotatable bonds is 5. The second-order valence-electron chi connectivity index (χ2n) is 24.9. The lowest BCUT2D eigenvalue weighted by Crippen LogP contribution is -2.64. The fourth-order valence-electron chi connectivity index (χ4n) is 15.6. The molecule has 0 aliphatic carbocycles. The smallest absolute Gasteiger partial charge is 0.256 e. The highest BCUT2D eigenvalue weighted by atomic mass is 19.1. The molecule has 12 heteroatoms. The van der Waals surface area contributed by atoms with Gasteiger partial charge in [-0.1, -0.05) is 109 Å². The van der Waals surface area contributed by atoms with Gasteiger partial charge >= 0.3 is 0 Å². The normalized spacial score (nSPS) is 13.4. The molecule has 0 saturated heterocycles. The van der Waals surface area contributed by atoms with Gasteiger partial charge in [0.15, 0.2) is 0 Å². The molecule has 430 valence electrons. The first-order chi connectivity index (χ1) is 43.8. The van der Waals surface area contributed by atoms with E-state index in [1.807, 2.05) is 52.3 Å². The van der Waals surface area contributed by atoms with Crippen LogP contribution >= 0.6 is 0 Å². The van der Waals surface area contributed by atoms with Crippen molar-refractivity contribution in [3.63, 3.8) is 0 Å². The number of para-hydroxylation sites is 3. The van der Waals surface area contributed by atoms with Crippen molar-refractivity contribution in [2.75, 3.05) is 14.7 Å². The molecule has 4 aliphatic heterocycles. The van der Waals surface area contributed by atoms with Crippen LogP contribution < -0.4 is 52.2 Å². The predicted molar refractivity (Wildman–Crippen MR) is 363 cm³/mol. The second kappa shape index (κ2) is 18.9. The topological polar surface area (TPSA) is 28.8 Å². The number of nitrogens with zero attached hydrogens (tertiary/aromatic N) is 5. The quantitative estimate of drug-likeness (QED) is 0.127. The largest absolute Gasteiger partial charge is 0.458 e. The number of ether oxygens (including phenoxy) is 1. The number of hydrogen-bond donors (Lipinski definition) is 0. The van der Waals surface area contributed by atoms with Gasteiger partial charge in [-0.05, 0) is 187 Å². The van der Waals surface area contributed by atoms with E-state index < -0.39 is 36.7 Å². The molecule has 6 heterocycles. The number of halogens is 4. The number of anilines is 9. The van der Waals surface area contributed by atoms with Gasteiger partial charge in [0.2, 0.25) is 0 Å². The maximum atomic E-state index is 17.1. The third-order valence-corrected chi connectivity index (χ3v) is 19.8. The van der Waals surface area contributed by atoms with E-state index in [1.54, 1.807) is 6.07 Å². The Balaban J connectivity index is 0.950. The van der Waals surface area contributed by atoms with Crippen LogP contribution in [0.3, 0.4) is 0 Å². The van der Waals surface area contributed by atoms with E-state index in [0.29, 0.717) is 17.2 Å². The molecule has 0 saturated carbocycles. The van der Waals surface area contributed by atoms with Crippen LogP contribution in [0, 0.1) is 64.8 Å². The summed E-state index contributed by atoms with van der Waals surface area (Å²) in [6, 6.07) is 69.6. The molecular formula is C78H53B2F4N5O. The number of benzene rings is 12. The summed E-state index contributed by atoms with van der Waals surface area (Å²) in [5.41, 5.74) is 24.3. The van der Waals surface area contributed by atoms with E-state index in [-0.39, 0.29) is 11.4 Å². The third-order valence-electron chi connectivity index (χ3n) is 19.8. The monoisotopic (exact) mass is 1170 g/mol. The van der Waals surface area contributed by atoms with Crippen molar-refractivity contribution < 1.29 is 22.3 Å². The van der Waals surface area contributed by atoms with E-state index in [4.69, 9.17) is 4.74 Å². The Morgan fingerprint density at radius 1 is 0.322 bits per heavy atom. The fourth-order valence-corrected chi connectivity index (χ4v) is 15.6. The van der Waals surface area contributed by atoms with Crippen molar-refractivity contribution in [2.24, 2.45) is 0 Å². The minimum atomic E-state index is -0.699. The Morgan fingerprint density at radius 2 is 0.800 bits per heavy atom. The average molecular weight is 1170 g/mol. The van der Waals surface area contributed by atoms with Crippen LogP contribution in [0.2, 0.25) is 0 Å². The highest BCUT2D eigenvalue weighted by Gasteiger charge is 2.48. The highest BCUT2D eigenvalue weighted by Crippen LogP contribution is 2.50. The first-order valence-electron chi connectivity index (χ1n) is 30.6. The van der Waals surface area contributed by atoms with Gasteiger partial charge in [0.1, 0.15) is 34.8 Å². The molecule has 0 amide bonds. The average Bonchev–Trinajstić information content (AvgIpc) is 0.782. The molecule has 12 aromatic carbocycles. The van der Waals surface area contributed by atoms with Gasteiger partial charge in [-0.2, -0.15) is 0 Å².